The summed E-state index contributed by atoms with van der Waals surface area (Å²) in [6, 6.07) is 6.48. The van der Waals surface area contributed by atoms with E-state index in [9.17, 15) is 9.90 Å². The van der Waals surface area contributed by atoms with E-state index in [0.29, 0.717) is 12.1 Å². The molecule has 0 spiro atoms. The van der Waals surface area contributed by atoms with E-state index in [0.717, 1.165) is 32.7 Å². The Morgan fingerprint density at radius 1 is 1.11 bits per heavy atom. The molecule has 0 aliphatic carbocycles. The number of aromatic hydroxyl groups is 1. The second-order valence-corrected chi connectivity index (χ2v) is 4.68. The molecule has 98 valence electrons. The van der Waals surface area contributed by atoms with E-state index in [-0.39, 0.29) is 11.5 Å². The number of rotatable bonds is 4. The van der Waals surface area contributed by atoms with Gasteiger partial charge in [-0.2, -0.15) is 0 Å². The average molecular weight is 248 g/mol. The summed E-state index contributed by atoms with van der Waals surface area (Å²) < 4.78 is 0. The fraction of sp³-hybridized carbons (Fsp3) is 0.500. The lowest BCUT2D eigenvalue weighted by Crippen LogP contribution is -2.47. The molecular weight excluding hydrogens is 228 g/mol. The van der Waals surface area contributed by atoms with Crippen LogP contribution >= 0.6 is 0 Å². The zero-order valence-electron chi connectivity index (χ0n) is 10.8. The highest BCUT2D eigenvalue weighted by molar-refractivity contribution is 5.97. The number of Topliss-reactive ketones (excluding diaryl/α,β-unsaturated/α-hetero) is 1. The van der Waals surface area contributed by atoms with Gasteiger partial charge in [-0.25, -0.2) is 0 Å². The summed E-state index contributed by atoms with van der Waals surface area (Å²) in [5, 5.41) is 9.19. The number of carbonyl (C=O) groups excluding carboxylic acids is 1. The van der Waals surface area contributed by atoms with E-state index in [2.05, 4.69) is 16.7 Å². The second-order valence-electron chi connectivity index (χ2n) is 4.68. The highest BCUT2D eigenvalue weighted by Gasteiger charge is 2.18. The smallest absolute Gasteiger partial charge is 0.176 e. The van der Waals surface area contributed by atoms with Gasteiger partial charge in [0.2, 0.25) is 0 Å². The number of likely N-dealkylation sites (N-methyl/N-ethyl adjacent to an activating group) is 1. The van der Waals surface area contributed by atoms with Crippen LogP contribution in [0.1, 0.15) is 17.3 Å². The highest BCUT2D eigenvalue weighted by atomic mass is 16.3. The Morgan fingerprint density at radius 2 is 1.67 bits per heavy atom. The number of nitrogens with zero attached hydrogens (tertiary/aromatic N) is 2. The van der Waals surface area contributed by atoms with Gasteiger partial charge >= 0.3 is 0 Å². The minimum absolute atomic E-state index is 0.125. The Hall–Kier alpha value is -1.39. The molecule has 0 amide bonds. The molecular formula is C14H20N2O2. The lowest BCUT2D eigenvalue weighted by molar-refractivity contribution is 0.0859. The van der Waals surface area contributed by atoms with Crippen LogP contribution in [0.3, 0.4) is 0 Å². The summed E-state index contributed by atoms with van der Waals surface area (Å²) in [4.78, 5) is 16.6. The van der Waals surface area contributed by atoms with Gasteiger partial charge in [0.1, 0.15) is 5.75 Å². The molecule has 0 radical (unpaired) electrons. The zero-order valence-corrected chi connectivity index (χ0v) is 10.8. The van der Waals surface area contributed by atoms with Crippen molar-refractivity contribution in [3.8, 4) is 5.75 Å². The molecule has 1 aromatic rings. The Morgan fingerprint density at radius 3 is 2.22 bits per heavy atom. The number of hydrogen-bond donors (Lipinski definition) is 1. The summed E-state index contributed by atoms with van der Waals surface area (Å²) in [5.74, 6) is 0.322. The van der Waals surface area contributed by atoms with Gasteiger partial charge in [0.25, 0.3) is 0 Å². The first-order valence-electron chi connectivity index (χ1n) is 6.46. The van der Waals surface area contributed by atoms with Crippen molar-refractivity contribution in [2.75, 3.05) is 39.3 Å². The Kier molecular flexibility index (Phi) is 4.33. The van der Waals surface area contributed by atoms with Crippen molar-refractivity contribution in [2.45, 2.75) is 6.92 Å². The van der Waals surface area contributed by atoms with Crippen LogP contribution < -0.4 is 0 Å². The first kappa shape index (κ1) is 13.1. The van der Waals surface area contributed by atoms with Crippen molar-refractivity contribution in [3.05, 3.63) is 29.8 Å². The maximum atomic E-state index is 12.0. The SMILES string of the molecule is CCN1CCN(CC(=O)c2ccc(O)cc2)CC1. The maximum Gasteiger partial charge on any atom is 0.176 e. The molecule has 1 fully saturated rings. The number of benzene rings is 1. The molecule has 1 N–H and O–H groups in total. The van der Waals surface area contributed by atoms with Gasteiger partial charge in [-0.05, 0) is 30.8 Å². The molecule has 1 aliphatic heterocycles. The van der Waals surface area contributed by atoms with Crippen LogP contribution in [-0.4, -0.2) is 60.0 Å². The summed E-state index contributed by atoms with van der Waals surface area (Å²) in [5.41, 5.74) is 0.672. The molecule has 1 heterocycles. The lowest BCUT2D eigenvalue weighted by Gasteiger charge is -2.33. The van der Waals surface area contributed by atoms with E-state index in [1.165, 1.54) is 0 Å². The predicted octanol–water partition coefficient (Wildman–Crippen LogP) is 1.21. The number of carbonyl (C=O) groups is 1. The predicted molar refractivity (Wildman–Crippen MR) is 71.0 cm³/mol. The van der Waals surface area contributed by atoms with Gasteiger partial charge in [0.15, 0.2) is 5.78 Å². The Balaban J connectivity index is 1.86. The van der Waals surface area contributed by atoms with Crippen molar-refractivity contribution in [1.82, 2.24) is 9.80 Å². The number of piperazine rings is 1. The van der Waals surface area contributed by atoms with Crippen molar-refractivity contribution in [2.24, 2.45) is 0 Å². The van der Waals surface area contributed by atoms with Crippen molar-refractivity contribution >= 4 is 5.78 Å². The molecule has 1 aromatic carbocycles. The Labute approximate surface area is 108 Å². The standard InChI is InChI=1S/C14H20N2O2/c1-2-15-7-9-16(10-8-15)11-14(18)12-3-5-13(17)6-4-12/h3-6,17H,2,7-11H2,1H3. The molecule has 1 aliphatic rings. The molecule has 2 rings (SSSR count). The zero-order chi connectivity index (χ0) is 13.0. The van der Waals surface area contributed by atoms with Crippen LogP contribution in [-0.2, 0) is 0 Å². The molecule has 4 nitrogen and oxygen atoms in total. The summed E-state index contributed by atoms with van der Waals surface area (Å²) in [6.45, 7) is 7.72. The van der Waals surface area contributed by atoms with Gasteiger partial charge in [-0.15, -0.1) is 0 Å². The number of hydrogen-bond acceptors (Lipinski definition) is 4. The van der Waals surface area contributed by atoms with Gasteiger partial charge in [-0.3, -0.25) is 9.69 Å². The quantitative estimate of drug-likeness (QED) is 0.814. The third-order valence-electron chi connectivity index (χ3n) is 3.47. The Bertz CT molecular complexity index is 395. The molecule has 0 atom stereocenters. The fourth-order valence-electron chi connectivity index (χ4n) is 2.21. The molecule has 0 saturated carbocycles. The topological polar surface area (TPSA) is 43.8 Å². The first-order valence-corrected chi connectivity index (χ1v) is 6.46. The number of ketones is 1. The van der Waals surface area contributed by atoms with Gasteiger partial charge in [-0.1, -0.05) is 6.92 Å². The van der Waals surface area contributed by atoms with Crippen molar-refractivity contribution in [3.63, 3.8) is 0 Å². The minimum atomic E-state index is 0.125. The number of phenolic OH excluding ortho intramolecular Hbond substituents is 1. The largest absolute Gasteiger partial charge is 0.508 e. The molecule has 18 heavy (non-hydrogen) atoms. The minimum Gasteiger partial charge on any atom is -0.508 e. The monoisotopic (exact) mass is 248 g/mol. The van der Waals surface area contributed by atoms with E-state index in [1.54, 1.807) is 24.3 Å². The van der Waals surface area contributed by atoms with Crippen LogP contribution in [0.4, 0.5) is 0 Å². The van der Waals surface area contributed by atoms with Crippen LogP contribution in [0.5, 0.6) is 5.75 Å². The van der Waals surface area contributed by atoms with E-state index >= 15 is 0 Å². The normalized spacial score (nSPS) is 17.8. The molecule has 4 heteroatoms. The van der Waals surface area contributed by atoms with Gasteiger partial charge in [0.05, 0.1) is 6.54 Å². The highest BCUT2D eigenvalue weighted by Crippen LogP contribution is 2.11. The van der Waals surface area contributed by atoms with Crippen molar-refractivity contribution < 1.29 is 9.90 Å². The third kappa shape index (κ3) is 3.31. The lowest BCUT2D eigenvalue weighted by atomic mass is 10.1. The molecule has 0 unspecified atom stereocenters. The van der Waals surface area contributed by atoms with E-state index < -0.39 is 0 Å². The summed E-state index contributed by atoms with van der Waals surface area (Å²) in [6.07, 6.45) is 0. The van der Waals surface area contributed by atoms with Crippen LogP contribution in [0, 0.1) is 0 Å². The second kappa shape index (κ2) is 5.98. The first-order chi connectivity index (χ1) is 8.69. The molecule has 1 saturated heterocycles. The van der Waals surface area contributed by atoms with E-state index in [4.69, 9.17) is 0 Å². The molecule has 0 aromatic heterocycles. The average Bonchev–Trinajstić information content (AvgIpc) is 2.40. The summed E-state index contributed by atoms with van der Waals surface area (Å²) in [7, 11) is 0. The third-order valence-corrected chi connectivity index (χ3v) is 3.47. The van der Waals surface area contributed by atoms with Gasteiger partial charge in [0, 0.05) is 31.7 Å². The van der Waals surface area contributed by atoms with Crippen LogP contribution in [0.25, 0.3) is 0 Å². The molecule has 0 bridgehead atoms. The number of phenols is 1. The summed E-state index contributed by atoms with van der Waals surface area (Å²) >= 11 is 0. The fourth-order valence-corrected chi connectivity index (χ4v) is 2.21. The van der Waals surface area contributed by atoms with Gasteiger partial charge < -0.3 is 10.0 Å². The van der Waals surface area contributed by atoms with E-state index in [1.807, 2.05) is 0 Å². The van der Waals surface area contributed by atoms with Crippen LogP contribution in [0.2, 0.25) is 0 Å². The van der Waals surface area contributed by atoms with Crippen LogP contribution in [0.15, 0.2) is 24.3 Å². The maximum absolute atomic E-state index is 12.0. The van der Waals surface area contributed by atoms with Crippen molar-refractivity contribution in [1.29, 1.82) is 0 Å².